The first-order valence-electron chi connectivity index (χ1n) is 3.56. The summed E-state index contributed by atoms with van der Waals surface area (Å²) in [6.07, 6.45) is 0. The molecule has 0 N–H and O–H groups in total. The number of rotatable bonds is 4. The zero-order valence-electron chi connectivity index (χ0n) is 7.68. The van der Waals surface area contributed by atoms with E-state index in [0.717, 1.165) is 12.4 Å². The Hall–Kier alpha value is 0.270. The minimum atomic E-state index is 0.836. The molecule has 0 fully saturated rings. The molecule has 0 atom stereocenters. The Labute approximate surface area is 69.1 Å². The van der Waals surface area contributed by atoms with Gasteiger partial charge in [0.1, 0.15) is 0 Å². The molecular formula is C7H19NOS. The normalized spacial score (nSPS) is 9.00. The zero-order chi connectivity index (χ0) is 8.41. The summed E-state index contributed by atoms with van der Waals surface area (Å²) >= 11 is 1.76. The molecule has 0 heterocycles. The van der Waals surface area contributed by atoms with Gasteiger partial charge < -0.3 is 4.74 Å². The van der Waals surface area contributed by atoms with E-state index in [2.05, 4.69) is 4.31 Å². The Bertz CT molecular complexity index is 50.9. The van der Waals surface area contributed by atoms with Crippen molar-refractivity contribution in [2.45, 2.75) is 13.8 Å². The Morgan fingerprint density at radius 3 is 2.10 bits per heavy atom. The van der Waals surface area contributed by atoms with E-state index in [4.69, 9.17) is 4.74 Å². The van der Waals surface area contributed by atoms with Crippen LogP contribution in [-0.2, 0) is 4.74 Å². The van der Waals surface area contributed by atoms with Crippen molar-refractivity contribution in [1.29, 1.82) is 0 Å². The van der Waals surface area contributed by atoms with Gasteiger partial charge in [-0.05, 0) is 14.1 Å². The van der Waals surface area contributed by atoms with E-state index in [1.54, 1.807) is 19.1 Å². The largest absolute Gasteiger partial charge is 0.384 e. The van der Waals surface area contributed by atoms with E-state index in [9.17, 15) is 0 Å². The van der Waals surface area contributed by atoms with Gasteiger partial charge in [0.25, 0.3) is 0 Å². The molecule has 0 aliphatic rings. The van der Waals surface area contributed by atoms with Crippen LogP contribution in [0, 0.1) is 0 Å². The summed E-state index contributed by atoms with van der Waals surface area (Å²) in [5, 5.41) is 0. The molecule has 2 nitrogen and oxygen atoms in total. The van der Waals surface area contributed by atoms with Crippen molar-refractivity contribution in [2.75, 3.05) is 33.6 Å². The van der Waals surface area contributed by atoms with Gasteiger partial charge >= 0.3 is 0 Å². The van der Waals surface area contributed by atoms with Crippen molar-refractivity contribution >= 4 is 11.9 Å². The highest BCUT2D eigenvalue weighted by Crippen LogP contribution is 2.00. The maximum absolute atomic E-state index is 4.84. The highest BCUT2D eigenvalue weighted by molar-refractivity contribution is 7.96. The van der Waals surface area contributed by atoms with E-state index in [0.29, 0.717) is 0 Å². The summed E-state index contributed by atoms with van der Waals surface area (Å²) in [6.45, 7) is 4.84. The molecule has 0 aromatic heterocycles. The number of ether oxygens (including phenoxy) is 1. The van der Waals surface area contributed by atoms with E-state index < -0.39 is 0 Å². The first kappa shape index (κ1) is 12.9. The van der Waals surface area contributed by atoms with Crippen molar-refractivity contribution < 1.29 is 4.74 Å². The summed E-state index contributed by atoms with van der Waals surface area (Å²) in [7, 11) is 5.77. The van der Waals surface area contributed by atoms with Crippen molar-refractivity contribution in [2.24, 2.45) is 0 Å². The van der Waals surface area contributed by atoms with Gasteiger partial charge in [-0.25, -0.2) is 0 Å². The van der Waals surface area contributed by atoms with Gasteiger partial charge in [0, 0.05) is 12.9 Å². The summed E-state index contributed by atoms with van der Waals surface area (Å²) in [5.74, 6) is 1.05. The maximum atomic E-state index is 4.84. The lowest BCUT2D eigenvalue weighted by atomic mass is 10.9. The standard InChI is InChI=1S/C5H13NOS.C2H6/c1-6(2)8-5-4-7-3;1-2/h4-5H2,1-3H3;1-2H3. The second-order valence-electron chi connectivity index (χ2n) is 1.64. The number of hydrogen-bond donors (Lipinski definition) is 0. The third kappa shape index (κ3) is 15.7. The fourth-order valence-corrected chi connectivity index (χ4v) is 0.910. The van der Waals surface area contributed by atoms with E-state index in [1.165, 1.54) is 0 Å². The average Bonchev–Trinajstić information content (AvgIpc) is 1.92. The highest BCUT2D eigenvalue weighted by Gasteiger charge is 1.87. The predicted octanol–water partition coefficient (Wildman–Crippen LogP) is 1.87. The summed E-state index contributed by atoms with van der Waals surface area (Å²) < 4.78 is 6.91. The molecule has 0 saturated carbocycles. The Morgan fingerprint density at radius 1 is 1.30 bits per heavy atom. The van der Waals surface area contributed by atoms with Crippen LogP contribution in [0.25, 0.3) is 0 Å². The minimum Gasteiger partial charge on any atom is -0.384 e. The topological polar surface area (TPSA) is 12.5 Å². The van der Waals surface area contributed by atoms with Crippen LogP contribution in [0.3, 0.4) is 0 Å². The van der Waals surface area contributed by atoms with Crippen LogP contribution < -0.4 is 0 Å². The average molecular weight is 165 g/mol. The maximum Gasteiger partial charge on any atom is 0.0565 e. The molecule has 64 valence electrons. The molecule has 3 heteroatoms. The second kappa shape index (κ2) is 12.0. The third-order valence-electron chi connectivity index (χ3n) is 0.637. The smallest absolute Gasteiger partial charge is 0.0565 e. The predicted molar refractivity (Wildman–Crippen MR) is 49.4 cm³/mol. The van der Waals surface area contributed by atoms with Crippen molar-refractivity contribution in [3.05, 3.63) is 0 Å². The molecule has 0 aliphatic carbocycles. The molecule has 0 spiro atoms. The van der Waals surface area contributed by atoms with Gasteiger partial charge in [-0.3, -0.25) is 4.31 Å². The molecule has 0 saturated heterocycles. The fraction of sp³-hybridized carbons (Fsp3) is 1.00. The third-order valence-corrected chi connectivity index (χ3v) is 1.50. The van der Waals surface area contributed by atoms with Crippen molar-refractivity contribution in [3.8, 4) is 0 Å². The van der Waals surface area contributed by atoms with E-state index >= 15 is 0 Å². The van der Waals surface area contributed by atoms with Crippen LogP contribution in [0.2, 0.25) is 0 Å². The van der Waals surface area contributed by atoms with Gasteiger partial charge in [-0.15, -0.1) is 0 Å². The Kier molecular flexibility index (Phi) is 15.5. The van der Waals surface area contributed by atoms with Gasteiger partial charge in [0.15, 0.2) is 0 Å². The lowest BCUT2D eigenvalue weighted by Crippen LogP contribution is -2.03. The zero-order valence-corrected chi connectivity index (χ0v) is 8.49. The molecular weight excluding hydrogens is 146 g/mol. The van der Waals surface area contributed by atoms with Gasteiger partial charge in [-0.2, -0.15) is 0 Å². The SMILES string of the molecule is CC.COCCSN(C)C. The quantitative estimate of drug-likeness (QED) is 0.466. The summed E-state index contributed by atoms with van der Waals surface area (Å²) in [6, 6.07) is 0. The van der Waals surface area contributed by atoms with Gasteiger partial charge in [0.2, 0.25) is 0 Å². The molecule has 0 aromatic rings. The first-order valence-corrected chi connectivity index (χ1v) is 4.51. The van der Waals surface area contributed by atoms with E-state index in [1.807, 2.05) is 27.9 Å². The number of methoxy groups -OCH3 is 1. The van der Waals surface area contributed by atoms with Crippen LogP contribution in [0.1, 0.15) is 13.8 Å². The lowest BCUT2D eigenvalue weighted by molar-refractivity contribution is 0.218. The van der Waals surface area contributed by atoms with Crippen LogP contribution in [-0.4, -0.2) is 37.9 Å². The van der Waals surface area contributed by atoms with Crippen LogP contribution in [0.5, 0.6) is 0 Å². The molecule has 0 amide bonds. The van der Waals surface area contributed by atoms with Crippen LogP contribution in [0.4, 0.5) is 0 Å². The molecule has 0 rings (SSSR count). The molecule has 0 bridgehead atoms. The number of nitrogens with zero attached hydrogens (tertiary/aromatic N) is 1. The van der Waals surface area contributed by atoms with Crippen LogP contribution in [0.15, 0.2) is 0 Å². The minimum absolute atomic E-state index is 0.836. The second-order valence-corrected chi connectivity index (χ2v) is 3.04. The molecule has 0 unspecified atom stereocenters. The van der Waals surface area contributed by atoms with Crippen LogP contribution >= 0.6 is 11.9 Å². The van der Waals surface area contributed by atoms with Gasteiger partial charge in [-0.1, -0.05) is 25.8 Å². The lowest BCUT2D eigenvalue weighted by Gasteiger charge is -2.06. The number of hydrogen-bond acceptors (Lipinski definition) is 3. The summed E-state index contributed by atoms with van der Waals surface area (Å²) in [5.41, 5.74) is 0. The first-order chi connectivity index (χ1) is 4.77. The highest BCUT2D eigenvalue weighted by atomic mass is 32.2. The van der Waals surface area contributed by atoms with Gasteiger partial charge in [0.05, 0.1) is 6.61 Å². The summed E-state index contributed by atoms with van der Waals surface area (Å²) in [4.78, 5) is 0. The molecule has 0 radical (unpaired) electrons. The van der Waals surface area contributed by atoms with Crippen molar-refractivity contribution in [1.82, 2.24) is 4.31 Å². The fourth-order valence-electron chi connectivity index (χ4n) is 0.303. The monoisotopic (exact) mass is 165 g/mol. The molecule has 10 heavy (non-hydrogen) atoms. The molecule has 0 aromatic carbocycles. The van der Waals surface area contributed by atoms with Crippen molar-refractivity contribution in [3.63, 3.8) is 0 Å². The Balaban J connectivity index is 0. The van der Waals surface area contributed by atoms with E-state index in [-0.39, 0.29) is 0 Å². The Morgan fingerprint density at radius 2 is 1.80 bits per heavy atom. The molecule has 0 aliphatic heterocycles.